The van der Waals surface area contributed by atoms with Crippen molar-refractivity contribution < 1.29 is 0 Å². The summed E-state index contributed by atoms with van der Waals surface area (Å²) in [7, 11) is 1.88. The van der Waals surface area contributed by atoms with Gasteiger partial charge in [-0.1, -0.05) is 29.3 Å². The lowest BCUT2D eigenvalue weighted by atomic mass is 10.1. The average Bonchev–Trinajstić information content (AvgIpc) is 2.31. The monoisotopic (exact) mass is 269 g/mol. The van der Waals surface area contributed by atoms with E-state index in [1.165, 1.54) is 0 Å². The van der Waals surface area contributed by atoms with Crippen LogP contribution in [-0.4, -0.2) is 17.8 Å². The summed E-state index contributed by atoms with van der Waals surface area (Å²) in [5, 5.41) is 9.58. The molecule has 0 aliphatic carbocycles. The lowest BCUT2D eigenvalue weighted by Crippen LogP contribution is -2.27. The molecular formula is C12H13Cl2N3. The van der Waals surface area contributed by atoms with Crippen molar-refractivity contribution in [2.24, 2.45) is 4.99 Å². The highest BCUT2D eigenvalue weighted by Crippen LogP contribution is 2.27. The third kappa shape index (κ3) is 3.36. The molecule has 0 spiro atoms. The van der Waals surface area contributed by atoms with E-state index in [2.05, 4.69) is 4.99 Å². The number of benzene rings is 1. The van der Waals surface area contributed by atoms with Crippen molar-refractivity contribution in [1.82, 2.24) is 4.90 Å². The van der Waals surface area contributed by atoms with Gasteiger partial charge in [0, 0.05) is 7.05 Å². The number of hydrogen-bond acceptors (Lipinski definition) is 2. The number of halogens is 2. The van der Waals surface area contributed by atoms with Crippen molar-refractivity contribution in [3.8, 4) is 6.19 Å². The smallest absolute Gasteiger partial charge is 0.207 e. The number of hydrogen-bond donors (Lipinski definition) is 0. The predicted molar refractivity (Wildman–Crippen MR) is 71.4 cm³/mol. The van der Waals surface area contributed by atoms with Gasteiger partial charge < -0.3 is 4.90 Å². The molecule has 0 aromatic heterocycles. The Kier molecular flexibility index (Phi) is 4.80. The Balaban J connectivity index is 2.97. The highest BCUT2D eigenvalue weighted by atomic mass is 35.5. The van der Waals surface area contributed by atoms with Crippen LogP contribution in [0.4, 0.5) is 0 Å². The molecule has 5 heteroatoms. The lowest BCUT2D eigenvalue weighted by molar-refractivity contribution is 0.400. The van der Waals surface area contributed by atoms with E-state index >= 15 is 0 Å². The van der Waals surface area contributed by atoms with E-state index in [0.717, 1.165) is 5.56 Å². The normalized spacial score (nSPS) is 13.1. The molecule has 0 heterocycles. The zero-order chi connectivity index (χ0) is 13.0. The maximum atomic E-state index is 8.52. The molecule has 1 unspecified atom stereocenters. The molecule has 0 fully saturated rings. The van der Waals surface area contributed by atoms with Gasteiger partial charge in [0.25, 0.3) is 0 Å². The summed E-state index contributed by atoms with van der Waals surface area (Å²) in [6, 6.07) is 5.57. The van der Waals surface area contributed by atoms with Gasteiger partial charge in [0.1, 0.15) is 5.84 Å². The molecule has 0 aliphatic heterocycles. The van der Waals surface area contributed by atoms with E-state index in [1.807, 2.05) is 31.0 Å². The summed E-state index contributed by atoms with van der Waals surface area (Å²) < 4.78 is 0. The van der Waals surface area contributed by atoms with Gasteiger partial charge in [0.15, 0.2) is 0 Å². The van der Waals surface area contributed by atoms with Crippen LogP contribution in [0.5, 0.6) is 0 Å². The molecule has 1 aromatic carbocycles. The van der Waals surface area contributed by atoms with Crippen LogP contribution in [0.25, 0.3) is 0 Å². The van der Waals surface area contributed by atoms with Gasteiger partial charge in [-0.3, -0.25) is 0 Å². The highest BCUT2D eigenvalue weighted by molar-refractivity contribution is 6.42. The van der Waals surface area contributed by atoms with Crippen molar-refractivity contribution >= 4 is 29.0 Å². The Morgan fingerprint density at radius 2 is 2.06 bits per heavy atom. The fourth-order valence-corrected chi connectivity index (χ4v) is 1.73. The molecule has 0 N–H and O–H groups in total. The van der Waals surface area contributed by atoms with E-state index in [-0.39, 0.29) is 6.04 Å². The Morgan fingerprint density at radius 1 is 1.41 bits per heavy atom. The summed E-state index contributed by atoms with van der Waals surface area (Å²) >= 11 is 11.8. The minimum Gasteiger partial charge on any atom is -0.356 e. The molecule has 1 aromatic rings. The molecule has 0 aliphatic rings. The largest absolute Gasteiger partial charge is 0.356 e. The van der Waals surface area contributed by atoms with Crippen molar-refractivity contribution in [3.63, 3.8) is 0 Å². The Hall–Kier alpha value is -1.24. The molecule has 1 rings (SSSR count). The second-order valence-electron chi connectivity index (χ2n) is 3.72. The topological polar surface area (TPSA) is 39.4 Å². The summed E-state index contributed by atoms with van der Waals surface area (Å²) in [4.78, 5) is 5.61. The fraction of sp³-hybridized carbons (Fsp3) is 0.333. The molecule has 1 atom stereocenters. The standard InChI is InChI=1S/C12H13Cl2N3/c1-8(17(3)9(2)16-7-15)10-4-5-11(13)12(14)6-10/h4-6,8H,1-3H3. The summed E-state index contributed by atoms with van der Waals surface area (Å²) in [5.74, 6) is 0.658. The third-order valence-corrected chi connectivity index (χ3v) is 3.47. The fourth-order valence-electron chi connectivity index (χ4n) is 1.43. The van der Waals surface area contributed by atoms with Crippen LogP contribution in [0.3, 0.4) is 0 Å². The molecule has 0 saturated carbocycles. The number of nitrogens with zero attached hydrogens (tertiary/aromatic N) is 3. The van der Waals surface area contributed by atoms with Crippen LogP contribution in [0.15, 0.2) is 23.2 Å². The molecule has 0 amide bonds. The van der Waals surface area contributed by atoms with Gasteiger partial charge in [0.2, 0.25) is 6.19 Å². The van der Waals surface area contributed by atoms with E-state index in [9.17, 15) is 0 Å². The van der Waals surface area contributed by atoms with Crippen LogP contribution >= 0.6 is 23.2 Å². The van der Waals surface area contributed by atoms with Crippen molar-refractivity contribution in [1.29, 1.82) is 5.26 Å². The number of rotatable bonds is 2. The highest BCUT2D eigenvalue weighted by Gasteiger charge is 2.14. The number of amidine groups is 1. The van der Waals surface area contributed by atoms with Crippen LogP contribution in [0.1, 0.15) is 25.5 Å². The second-order valence-corrected chi connectivity index (χ2v) is 4.53. The Morgan fingerprint density at radius 3 is 2.59 bits per heavy atom. The zero-order valence-electron chi connectivity index (χ0n) is 9.91. The molecule has 0 saturated heterocycles. The summed E-state index contributed by atoms with van der Waals surface area (Å²) in [6.07, 6.45) is 1.77. The van der Waals surface area contributed by atoms with E-state index in [0.29, 0.717) is 15.9 Å². The van der Waals surface area contributed by atoms with Gasteiger partial charge in [-0.05, 0) is 31.5 Å². The van der Waals surface area contributed by atoms with E-state index in [4.69, 9.17) is 28.5 Å². The van der Waals surface area contributed by atoms with Crippen LogP contribution in [-0.2, 0) is 0 Å². The Bertz CT molecular complexity index is 477. The van der Waals surface area contributed by atoms with Crippen LogP contribution in [0, 0.1) is 11.5 Å². The lowest BCUT2D eigenvalue weighted by Gasteiger charge is -2.26. The average molecular weight is 270 g/mol. The zero-order valence-corrected chi connectivity index (χ0v) is 11.4. The number of nitriles is 1. The summed E-state index contributed by atoms with van der Waals surface area (Å²) in [5.41, 5.74) is 1.02. The minimum absolute atomic E-state index is 0.0712. The minimum atomic E-state index is 0.0712. The van der Waals surface area contributed by atoms with Crippen LogP contribution in [0.2, 0.25) is 10.0 Å². The van der Waals surface area contributed by atoms with E-state index in [1.54, 1.807) is 19.2 Å². The van der Waals surface area contributed by atoms with Crippen molar-refractivity contribution in [2.75, 3.05) is 7.05 Å². The second kappa shape index (κ2) is 5.90. The molecule has 0 bridgehead atoms. The first-order chi connectivity index (χ1) is 7.97. The van der Waals surface area contributed by atoms with E-state index < -0.39 is 0 Å². The first-order valence-corrected chi connectivity index (χ1v) is 5.84. The quantitative estimate of drug-likeness (QED) is 0.464. The van der Waals surface area contributed by atoms with Crippen molar-refractivity contribution in [3.05, 3.63) is 33.8 Å². The molecule has 90 valence electrons. The van der Waals surface area contributed by atoms with Crippen LogP contribution < -0.4 is 0 Å². The first kappa shape index (κ1) is 13.8. The third-order valence-electron chi connectivity index (χ3n) is 2.73. The number of aliphatic imine (C=N–C) groups is 1. The van der Waals surface area contributed by atoms with Gasteiger partial charge in [-0.15, -0.1) is 0 Å². The Labute approximate surface area is 111 Å². The molecule has 3 nitrogen and oxygen atoms in total. The molecule has 17 heavy (non-hydrogen) atoms. The molecular weight excluding hydrogens is 257 g/mol. The first-order valence-electron chi connectivity index (χ1n) is 5.08. The van der Waals surface area contributed by atoms with Gasteiger partial charge in [-0.25, -0.2) is 0 Å². The predicted octanol–water partition coefficient (Wildman–Crippen LogP) is 3.89. The maximum absolute atomic E-state index is 8.52. The maximum Gasteiger partial charge on any atom is 0.207 e. The molecule has 0 radical (unpaired) electrons. The SMILES string of the molecule is CC(=NC#N)N(C)C(C)c1ccc(Cl)c(Cl)c1. The van der Waals surface area contributed by atoms with Crippen molar-refractivity contribution in [2.45, 2.75) is 19.9 Å². The summed E-state index contributed by atoms with van der Waals surface area (Å²) in [6.45, 7) is 3.80. The van der Waals surface area contributed by atoms with Gasteiger partial charge in [-0.2, -0.15) is 10.3 Å². The van der Waals surface area contributed by atoms with Gasteiger partial charge >= 0.3 is 0 Å². The van der Waals surface area contributed by atoms with Gasteiger partial charge in [0.05, 0.1) is 16.1 Å².